The number of hydrogen-bond donors (Lipinski definition) is 2. The van der Waals surface area contributed by atoms with Gasteiger partial charge in [0.05, 0.1) is 6.42 Å². The molecule has 0 bridgehead atoms. The Morgan fingerprint density at radius 3 is 2.37 bits per heavy atom. The van der Waals surface area contributed by atoms with Gasteiger partial charge in [0.2, 0.25) is 5.91 Å². The highest BCUT2D eigenvalue weighted by Crippen LogP contribution is 2.11. The molecule has 1 rings (SSSR count). The van der Waals surface area contributed by atoms with Gasteiger partial charge in [-0.3, -0.25) is 14.5 Å². The van der Waals surface area contributed by atoms with Crippen molar-refractivity contribution in [3.05, 3.63) is 0 Å². The molecule has 1 fully saturated rings. The third-order valence-electron chi connectivity index (χ3n) is 3.74. The van der Waals surface area contributed by atoms with Crippen LogP contribution in [0, 0.1) is 5.92 Å². The van der Waals surface area contributed by atoms with Gasteiger partial charge < -0.3 is 15.7 Å². The summed E-state index contributed by atoms with van der Waals surface area (Å²) in [6.07, 6.45) is 1.63. The van der Waals surface area contributed by atoms with E-state index >= 15 is 0 Å². The first-order chi connectivity index (χ1) is 9.06. The summed E-state index contributed by atoms with van der Waals surface area (Å²) in [4.78, 5) is 26.5. The molecule has 110 valence electrons. The topological polar surface area (TPSA) is 86.9 Å². The van der Waals surface area contributed by atoms with E-state index < -0.39 is 5.97 Å². The Hall–Kier alpha value is -1.14. The predicted octanol–water partition coefficient (Wildman–Crippen LogP) is -0.0197. The number of aliphatic carboxylic acids is 1. The maximum Gasteiger partial charge on any atom is 0.304 e. The maximum atomic E-state index is 12.1. The number of carboxylic acids is 1. The fraction of sp³-hybridized carbons (Fsp3) is 0.846. The van der Waals surface area contributed by atoms with Crippen LogP contribution in [0.1, 0.15) is 26.2 Å². The molecule has 1 unspecified atom stereocenters. The summed E-state index contributed by atoms with van der Waals surface area (Å²) in [5.74, 6) is -0.319. The average molecular weight is 271 g/mol. The summed E-state index contributed by atoms with van der Waals surface area (Å²) >= 11 is 0. The maximum absolute atomic E-state index is 12.1. The molecule has 1 amide bonds. The number of carbonyl (C=O) groups excluding carboxylic acids is 1. The normalized spacial score (nSPS) is 18.3. The Labute approximate surface area is 114 Å². The van der Waals surface area contributed by atoms with Crippen molar-refractivity contribution in [2.24, 2.45) is 11.7 Å². The SMILES string of the molecule is CCC(CN)CC(=O)N1CCN(CCC(=O)O)CC1. The minimum atomic E-state index is -0.771. The van der Waals surface area contributed by atoms with Gasteiger partial charge in [-0.15, -0.1) is 0 Å². The molecule has 0 aliphatic carbocycles. The van der Waals surface area contributed by atoms with Gasteiger partial charge in [0.25, 0.3) is 0 Å². The van der Waals surface area contributed by atoms with Crippen LogP contribution < -0.4 is 5.73 Å². The van der Waals surface area contributed by atoms with Crippen molar-refractivity contribution in [1.29, 1.82) is 0 Å². The molecule has 1 atom stereocenters. The molecule has 3 N–H and O–H groups in total. The highest BCUT2D eigenvalue weighted by molar-refractivity contribution is 5.76. The minimum Gasteiger partial charge on any atom is -0.481 e. The van der Waals surface area contributed by atoms with E-state index in [1.54, 1.807) is 0 Å². The number of carboxylic acid groups (broad SMARTS) is 1. The van der Waals surface area contributed by atoms with Gasteiger partial charge in [-0.25, -0.2) is 0 Å². The molecule has 0 aromatic carbocycles. The quantitative estimate of drug-likeness (QED) is 0.679. The Morgan fingerprint density at radius 2 is 1.89 bits per heavy atom. The van der Waals surface area contributed by atoms with Gasteiger partial charge in [-0.2, -0.15) is 0 Å². The summed E-state index contributed by atoms with van der Waals surface area (Å²) in [6.45, 7) is 6.09. The van der Waals surface area contributed by atoms with Crippen LogP contribution in [-0.2, 0) is 9.59 Å². The first-order valence-corrected chi connectivity index (χ1v) is 6.98. The lowest BCUT2D eigenvalue weighted by Crippen LogP contribution is -2.49. The highest BCUT2D eigenvalue weighted by atomic mass is 16.4. The van der Waals surface area contributed by atoms with E-state index in [0.717, 1.165) is 19.5 Å². The van der Waals surface area contributed by atoms with E-state index in [2.05, 4.69) is 11.8 Å². The van der Waals surface area contributed by atoms with Crippen LogP contribution in [0.4, 0.5) is 0 Å². The van der Waals surface area contributed by atoms with Crippen LogP contribution in [0.3, 0.4) is 0 Å². The van der Waals surface area contributed by atoms with Crippen molar-refractivity contribution in [3.63, 3.8) is 0 Å². The molecular weight excluding hydrogens is 246 g/mol. The zero-order chi connectivity index (χ0) is 14.3. The smallest absolute Gasteiger partial charge is 0.304 e. The number of nitrogens with two attached hydrogens (primary N) is 1. The lowest BCUT2D eigenvalue weighted by atomic mass is 10.0. The molecule has 1 heterocycles. The van der Waals surface area contributed by atoms with Crippen LogP contribution in [0.25, 0.3) is 0 Å². The van der Waals surface area contributed by atoms with Crippen molar-refractivity contribution in [3.8, 4) is 0 Å². The van der Waals surface area contributed by atoms with Gasteiger partial charge in [-0.1, -0.05) is 13.3 Å². The Kier molecular flexibility index (Phi) is 6.80. The van der Waals surface area contributed by atoms with E-state index in [-0.39, 0.29) is 18.2 Å². The largest absolute Gasteiger partial charge is 0.481 e. The molecule has 0 spiro atoms. The van der Waals surface area contributed by atoms with Crippen LogP contribution in [0.2, 0.25) is 0 Å². The summed E-state index contributed by atoms with van der Waals surface area (Å²) in [7, 11) is 0. The van der Waals surface area contributed by atoms with Crippen LogP contribution in [0.15, 0.2) is 0 Å². The average Bonchev–Trinajstić information content (AvgIpc) is 2.42. The van der Waals surface area contributed by atoms with Gasteiger partial charge in [-0.05, 0) is 12.5 Å². The van der Waals surface area contributed by atoms with Gasteiger partial charge in [0.1, 0.15) is 0 Å². The van der Waals surface area contributed by atoms with E-state index in [1.165, 1.54) is 0 Å². The fourth-order valence-corrected chi connectivity index (χ4v) is 2.25. The summed E-state index contributed by atoms with van der Waals surface area (Å²) < 4.78 is 0. The lowest BCUT2D eigenvalue weighted by Gasteiger charge is -2.35. The fourth-order valence-electron chi connectivity index (χ4n) is 2.25. The molecule has 19 heavy (non-hydrogen) atoms. The van der Waals surface area contributed by atoms with Crippen molar-refractivity contribution in [2.45, 2.75) is 26.2 Å². The number of nitrogens with zero attached hydrogens (tertiary/aromatic N) is 2. The third kappa shape index (κ3) is 5.57. The van der Waals surface area contributed by atoms with Crippen LogP contribution >= 0.6 is 0 Å². The summed E-state index contributed by atoms with van der Waals surface area (Å²) in [5, 5.41) is 8.63. The summed E-state index contributed by atoms with van der Waals surface area (Å²) in [6, 6.07) is 0. The number of piperazine rings is 1. The first-order valence-electron chi connectivity index (χ1n) is 6.98. The molecule has 0 aromatic heterocycles. The van der Waals surface area contributed by atoms with Gasteiger partial charge >= 0.3 is 5.97 Å². The van der Waals surface area contributed by atoms with Crippen molar-refractivity contribution < 1.29 is 14.7 Å². The predicted molar refractivity (Wildman–Crippen MR) is 72.7 cm³/mol. The number of rotatable bonds is 7. The molecule has 1 aliphatic heterocycles. The van der Waals surface area contributed by atoms with E-state index in [0.29, 0.717) is 32.6 Å². The Balaban J connectivity index is 2.28. The monoisotopic (exact) mass is 271 g/mol. The molecule has 1 aliphatic rings. The number of carbonyl (C=O) groups is 2. The summed E-state index contributed by atoms with van der Waals surface area (Å²) in [5.41, 5.74) is 5.62. The molecular formula is C13H25N3O3. The van der Waals surface area contributed by atoms with Crippen molar-refractivity contribution >= 4 is 11.9 Å². The number of hydrogen-bond acceptors (Lipinski definition) is 4. The van der Waals surface area contributed by atoms with Crippen molar-refractivity contribution in [2.75, 3.05) is 39.3 Å². The highest BCUT2D eigenvalue weighted by Gasteiger charge is 2.22. The second-order valence-corrected chi connectivity index (χ2v) is 5.08. The standard InChI is InChI=1S/C13H25N3O3/c1-2-11(10-14)9-12(17)16-7-5-15(6-8-16)4-3-13(18)19/h11H,2-10,14H2,1H3,(H,18,19). The molecule has 0 saturated carbocycles. The second-order valence-electron chi connectivity index (χ2n) is 5.08. The van der Waals surface area contributed by atoms with Crippen molar-refractivity contribution in [1.82, 2.24) is 9.80 Å². The van der Waals surface area contributed by atoms with Gasteiger partial charge in [0, 0.05) is 39.1 Å². The third-order valence-corrected chi connectivity index (χ3v) is 3.74. The minimum absolute atomic E-state index is 0.166. The zero-order valence-corrected chi connectivity index (χ0v) is 11.7. The Morgan fingerprint density at radius 1 is 1.26 bits per heavy atom. The van der Waals surface area contributed by atoms with E-state index in [1.807, 2.05) is 4.90 Å². The molecule has 1 saturated heterocycles. The van der Waals surface area contributed by atoms with E-state index in [4.69, 9.17) is 10.8 Å². The lowest BCUT2D eigenvalue weighted by molar-refractivity contribution is -0.138. The molecule has 0 radical (unpaired) electrons. The van der Waals surface area contributed by atoms with Crippen LogP contribution in [0.5, 0.6) is 0 Å². The van der Waals surface area contributed by atoms with Crippen LogP contribution in [-0.4, -0.2) is 66.1 Å². The zero-order valence-electron chi connectivity index (χ0n) is 11.7. The van der Waals surface area contributed by atoms with E-state index in [9.17, 15) is 9.59 Å². The molecule has 6 heteroatoms. The molecule has 0 aromatic rings. The second kappa shape index (κ2) is 8.12. The first kappa shape index (κ1) is 15.9. The molecule has 6 nitrogen and oxygen atoms in total. The van der Waals surface area contributed by atoms with Gasteiger partial charge in [0.15, 0.2) is 0 Å². The number of amides is 1. The Bertz CT molecular complexity index is 298.